The molecule has 122 valence electrons. The summed E-state index contributed by atoms with van der Waals surface area (Å²) in [6.07, 6.45) is 6.73. The van der Waals surface area contributed by atoms with E-state index in [1.165, 1.54) is 35.2 Å². The lowest BCUT2D eigenvalue weighted by Gasteiger charge is -2.33. The molecule has 1 aliphatic carbocycles. The van der Waals surface area contributed by atoms with E-state index in [2.05, 4.69) is 43.3 Å². The Hall–Kier alpha value is -1.83. The van der Waals surface area contributed by atoms with Gasteiger partial charge in [0.15, 0.2) is 0 Å². The molecule has 0 radical (unpaired) electrons. The van der Waals surface area contributed by atoms with E-state index in [1.54, 1.807) is 0 Å². The Kier molecular flexibility index (Phi) is 5.00. The molecule has 0 aromatic heterocycles. The first kappa shape index (κ1) is 16.0. The molecule has 3 rings (SSSR count). The van der Waals surface area contributed by atoms with Gasteiger partial charge in [-0.05, 0) is 47.6 Å². The molecule has 2 aromatic rings. The van der Waals surface area contributed by atoms with Crippen LogP contribution in [0.15, 0.2) is 36.4 Å². The summed E-state index contributed by atoms with van der Waals surface area (Å²) in [5, 5.41) is 2.62. The number of carbonyl (C=O) groups is 1. The number of esters is 1. The van der Waals surface area contributed by atoms with Crippen molar-refractivity contribution in [3.8, 4) is 0 Å². The number of hydrogen-bond acceptors (Lipinski definition) is 2. The van der Waals surface area contributed by atoms with Crippen molar-refractivity contribution >= 4 is 16.7 Å². The van der Waals surface area contributed by atoms with Gasteiger partial charge < -0.3 is 4.74 Å². The smallest absolute Gasteiger partial charge is 0.302 e. The molecular formula is C21H26O2. The third-order valence-electron chi connectivity index (χ3n) is 4.97. The zero-order valence-corrected chi connectivity index (χ0v) is 14.2. The summed E-state index contributed by atoms with van der Waals surface area (Å²) in [5.41, 5.74) is 2.85. The summed E-state index contributed by atoms with van der Waals surface area (Å²) < 4.78 is 5.70. The minimum atomic E-state index is -0.154. The molecule has 2 aromatic carbocycles. The molecule has 0 unspecified atom stereocenters. The molecule has 2 nitrogen and oxygen atoms in total. The molecule has 23 heavy (non-hydrogen) atoms. The highest BCUT2D eigenvalue weighted by atomic mass is 16.5. The summed E-state index contributed by atoms with van der Waals surface area (Å²) in [4.78, 5) is 11.5. The molecule has 0 N–H and O–H groups in total. The van der Waals surface area contributed by atoms with Gasteiger partial charge in [0.25, 0.3) is 0 Å². The van der Waals surface area contributed by atoms with E-state index in [0.29, 0.717) is 5.92 Å². The van der Waals surface area contributed by atoms with E-state index in [9.17, 15) is 4.79 Å². The van der Waals surface area contributed by atoms with Crippen LogP contribution in [-0.2, 0) is 16.0 Å². The van der Waals surface area contributed by atoms with Crippen molar-refractivity contribution in [3.05, 3.63) is 47.5 Å². The van der Waals surface area contributed by atoms with Gasteiger partial charge in [0, 0.05) is 12.8 Å². The van der Waals surface area contributed by atoms with Crippen LogP contribution in [0, 0.1) is 0 Å². The summed E-state index contributed by atoms with van der Waals surface area (Å²) in [6.45, 7) is 3.76. The second kappa shape index (κ2) is 7.16. The molecule has 1 saturated carbocycles. The Morgan fingerprint density at radius 3 is 2.70 bits per heavy atom. The van der Waals surface area contributed by atoms with Gasteiger partial charge in [-0.1, -0.05) is 56.2 Å². The van der Waals surface area contributed by atoms with Gasteiger partial charge in [0.05, 0.1) is 0 Å². The maximum atomic E-state index is 11.5. The predicted molar refractivity (Wildman–Crippen MR) is 94.7 cm³/mol. The van der Waals surface area contributed by atoms with Crippen LogP contribution in [0.25, 0.3) is 10.8 Å². The normalized spacial score (nSPS) is 21.3. The molecule has 2 atom stereocenters. The quantitative estimate of drug-likeness (QED) is 0.708. The van der Waals surface area contributed by atoms with E-state index in [-0.39, 0.29) is 12.1 Å². The molecule has 0 bridgehead atoms. The summed E-state index contributed by atoms with van der Waals surface area (Å²) in [7, 11) is 0. The van der Waals surface area contributed by atoms with E-state index in [0.717, 1.165) is 32.1 Å². The third kappa shape index (κ3) is 3.41. The highest BCUT2D eigenvalue weighted by Gasteiger charge is 2.31. The molecule has 0 saturated heterocycles. The fourth-order valence-electron chi connectivity index (χ4n) is 4.05. The summed E-state index contributed by atoms with van der Waals surface area (Å²) in [5.74, 6) is 0.180. The Morgan fingerprint density at radius 1 is 1.13 bits per heavy atom. The van der Waals surface area contributed by atoms with Crippen LogP contribution in [0.3, 0.4) is 0 Å². The monoisotopic (exact) mass is 310 g/mol. The van der Waals surface area contributed by atoms with Crippen molar-refractivity contribution in [3.63, 3.8) is 0 Å². The van der Waals surface area contributed by atoms with Crippen LogP contribution in [0.5, 0.6) is 0 Å². The standard InChI is InChI=1S/C21H26O2/c1-3-8-17-14-13-16-9-4-5-10-18(16)21(17)19-11-6-7-12-20(19)23-15(2)22/h4-5,9-10,13-14,19-20H,3,6-8,11-12H2,1-2H3/t19-,20+/m1/s1. The molecule has 1 aliphatic rings. The largest absolute Gasteiger partial charge is 0.462 e. The number of carbonyl (C=O) groups excluding carboxylic acids is 1. The summed E-state index contributed by atoms with van der Waals surface area (Å²) >= 11 is 0. The number of hydrogen-bond donors (Lipinski definition) is 0. The molecule has 0 amide bonds. The second-order valence-electron chi connectivity index (χ2n) is 6.65. The molecule has 2 heteroatoms. The molecular weight excluding hydrogens is 284 g/mol. The lowest BCUT2D eigenvalue weighted by molar-refractivity contribution is -0.148. The number of rotatable bonds is 4. The zero-order valence-electron chi connectivity index (χ0n) is 14.2. The van der Waals surface area contributed by atoms with Crippen molar-refractivity contribution in [2.75, 3.05) is 0 Å². The number of benzene rings is 2. The maximum Gasteiger partial charge on any atom is 0.302 e. The van der Waals surface area contributed by atoms with Crippen molar-refractivity contribution in [2.24, 2.45) is 0 Å². The zero-order chi connectivity index (χ0) is 16.2. The van der Waals surface area contributed by atoms with Gasteiger partial charge in [0.1, 0.15) is 6.10 Å². The SMILES string of the molecule is CCCc1ccc2ccccc2c1[C@@H]1CCCC[C@@H]1OC(C)=O. The summed E-state index contributed by atoms with van der Waals surface area (Å²) in [6, 6.07) is 13.1. The first-order chi connectivity index (χ1) is 11.2. The van der Waals surface area contributed by atoms with E-state index < -0.39 is 0 Å². The topological polar surface area (TPSA) is 26.3 Å². The maximum absolute atomic E-state index is 11.5. The van der Waals surface area contributed by atoms with Crippen molar-refractivity contribution in [2.45, 2.75) is 64.4 Å². The highest BCUT2D eigenvalue weighted by Crippen LogP contribution is 2.40. The minimum absolute atomic E-state index is 0.0302. The predicted octanol–water partition coefficient (Wildman–Crippen LogP) is 5.38. The average Bonchev–Trinajstić information content (AvgIpc) is 2.55. The van der Waals surface area contributed by atoms with Gasteiger partial charge in [-0.3, -0.25) is 4.79 Å². The highest BCUT2D eigenvalue weighted by molar-refractivity contribution is 5.87. The minimum Gasteiger partial charge on any atom is -0.462 e. The lowest BCUT2D eigenvalue weighted by Crippen LogP contribution is -2.28. The Bertz CT molecular complexity index is 689. The molecule has 0 heterocycles. The fourth-order valence-corrected chi connectivity index (χ4v) is 4.05. The Morgan fingerprint density at radius 2 is 1.91 bits per heavy atom. The van der Waals surface area contributed by atoms with Gasteiger partial charge >= 0.3 is 5.97 Å². The van der Waals surface area contributed by atoms with Crippen LogP contribution in [0.2, 0.25) is 0 Å². The molecule has 0 aliphatic heterocycles. The van der Waals surface area contributed by atoms with Crippen molar-refractivity contribution < 1.29 is 9.53 Å². The number of aryl methyl sites for hydroxylation is 1. The first-order valence-electron chi connectivity index (χ1n) is 8.88. The first-order valence-corrected chi connectivity index (χ1v) is 8.88. The van der Waals surface area contributed by atoms with E-state index in [1.807, 2.05) is 0 Å². The van der Waals surface area contributed by atoms with Crippen molar-refractivity contribution in [1.82, 2.24) is 0 Å². The van der Waals surface area contributed by atoms with Gasteiger partial charge in [-0.2, -0.15) is 0 Å². The van der Waals surface area contributed by atoms with Crippen LogP contribution < -0.4 is 0 Å². The molecule has 0 spiro atoms. The van der Waals surface area contributed by atoms with Crippen LogP contribution >= 0.6 is 0 Å². The van der Waals surface area contributed by atoms with Crippen LogP contribution in [-0.4, -0.2) is 12.1 Å². The number of fused-ring (bicyclic) bond motifs is 1. The van der Waals surface area contributed by atoms with Crippen LogP contribution in [0.1, 0.15) is 63.0 Å². The van der Waals surface area contributed by atoms with Gasteiger partial charge in [-0.15, -0.1) is 0 Å². The fraction of sp³-hybridized carbons (Fsp3) is 0.476. The lowest BCUT2D eigenvalue weighted by atomic mass is 9.77. The van der Waals surface area contributed by atoms with Crippen molar-refractivity contribution in [1.29, 1.82) is 0 Å². The van der Waals surface area contributed by atoms with E-state index in [4.69, 9.17) is 4.74 Å². The van der Waals surface area contributed by atoms with Crippen LogP contribution in [0.4, 0.5) is 0 Å². The van der Waals surface area contributed by atoms with Gasteiger partial charge in [-0.25, -0.2) is 0 Å². The molecule has 1 fully saturated rings. The van der Waals surface area contributed by atoms with E-state index >= 15 is 0 Å². The second-order valence-corrected chi connectivity index (χ2v) is 6.65. The Labute approximate surface area is 138 Å². The average molecular weight is 310 g/mol. The van der Waals surface area contributed by atoms with Gasteiger partial charge in [0.2, 0.25) is 0 Å². The number of ether oxygens (including phenoxy) is 1. The Balaban J connectivity index is 2.10. The third-order valence-corrected chi connectivity index (χ3v) is 4.97.